The first kappa shape index (κ1) is 12.4. The summed E-state index contributed by atoms with van der Waals surface area (Å²) < 4.78 is 10.7. The molecule has 0 atom stereocenters. The highest BCUT2D eigenvalue weighted by Gasteiger charge is 1.98. The van der Waals surface area contributed by atoms with Crippen LogP contribution in [0.4, 0.5) is 5.13 Å². The van der Waals surface area contributed by atoms with Gasteiger partial charge in [-0.2, -0.15) is 0 Å². The maximum absolute atomic E-state index is 5.49. The molecule has 0 spiro atoms. The SMILES string of the molecule is CC(C)COCCOCc1csc(N)n1. The normalized spacial score (nSPS) is 11.1. The van der Waals surface area contributed by atoms with Crippen LogP contribution in [-0.4, -0.2) is 24.8 Å². The molecule has 0 bridgehead atoms. The van der Waals surface area contributed by atoms with Crippen LogP contribution in [0.25, 0.3) is 0 Å². The van der Waals surface area contributed by atoms with Gasteiger partial charge in [0.1, 0.15) is 0 Å². The molecule has 2 N–H and O–H groups in total. The average molecular weight is 230 g/mol. The van der Waals surface area contributed by atoms with Gasteiger partial charge in [-0.25, -0.2) is 4.98 Å². The summed E-state index contributed by atoms with van der Waals surface area (Å²) in [5.74, 6) is 0.573. The molecule has 0 saturated heterocycles. The van der Waals surface area contributed by atoms with Crippen LogP contribution in [0.3, 0.4) is 0 Å². The minimum absolute atomic E-state index is 0.513. The number of thiazole rings is 1. The van der Waals surface area contributed by atoms with Gasteiger partial charge in [0.15, 0.2) is 5.13 Å². The lowest BCUT2D eigenvalue weighted by Crippen LogP contribution is -2.08. The minimum atomic E-state index is 0.513. The third kappa shape index (κ3) is 5.71. The van der Waals surface area contributed by atoms with Crippen molar-refractivity contribution in [2.45, 2.75) is 20.5 Å². The van der Waals surface area contributed by atoms with Crippen molar-refractivity contribution in [1.29, 1.82) is 0 Å². The third-order valence-corrected chi connectivity index (χ3v) is 2.37. The fourth-order valence-corrected chi connectivity index (χ4v) is 1.55. The second-order valence-corrected chi connectivity index (χ2v) is 4.59. The van der Waals surface area contributed by atoms with Crippen molar-refractivity contribution < 1.29 is 9.47 Å². The van der Waals surface area contributed by atoms with Gasteiger partial charge in [0.05, 0.1) is 25.5 Å². The lowest BCUT2D eigenvalue weighted by atomic mass is 10.2. The molecule has 1 aromatic heterocycles. The summed E-state index contributed by atoms with van der Waals surface area (Å²) >= 11 is 1.43. The minimum Gasteiger partial charge on any atom is -0.379 e. The monoisotopic (exact) mass is 230 g/mol. The average Bonchev–Trinajstić information content (AvgIpc) is 2.57. The maximum atomic E-state index is 5.49. The number of nitrogens with two attached hydrogens (primary N) is 1. The summed E-state index contributed by atoms with van der Waals surface area (Å²) in [6.07, 6.45) is 0. The highest BCUT2D eigenvalue weighted by atomic mass is 32.1. The molecule has 1 rings (SSSR count). The molecule has 0 radical (unpaired) electrons. The Morgan fingerprint density at radius 2 is 2.13 bits per heavy atom. The van der Waals surface area contributed by atoms with Crippen LogP contribution >= 0.6 is 11.3 Å². The zero-order valence-electron chi connectivity index (χ0n) is 9.23. The molecule has 0 aliphatic rings. The van der Waals surface area contributed by atoms with Crippen LogP contribution in [0.2, 0.25) is 0 Å². The molecule has 0 amide bonds. The van der Waals surface area contributed by atoms with Gasteiger partial charge in [-0.1, -0.05) is 13.8 Å². The Morgan fingerprint density at radius 1 is 1.40 bits per heavy atom. The van der Waals surface area contributed by atoms with E-state index in [-0.39, 0.29) is 0 Å². The van der Waals surface area contributed by atoms with E-state index in [1.54, 1.807) is 0 Å². The van der Waals surface area contributed by atoms with Crippen molar-refractivity contribution in [3.8, 4) is 0 Å². The highest BCUT2D eigenvalue weighted by Crippen LogP contribution is 2.11. The van der Waals surface area contributed by atoms with Crippen molar-refractivity contribution in [3.63, 3.8) is 0 Å². The third-order valence-electron chi connectivity index (χ3n) is 1.64. The van der Waals surface area contributed by atoms with Gasteiger partial charge in [-0.05, 0) is 5.92 Å². The standard InChI is InChI=1S/C10H18N2O2S/c1-8(2)5-13-3-4-14-6-9-7-15-10(11)12-9/h7-8H,3-6H2,1-2H3,(H2,11,12). The van der Waals surface area contributed by atoms with E-state index in [1.165, 1.54) is 11.3 Å². The van der Waals surface area contributed by atoms with Gasteiger partial charge in [0.2, 0.25) is 0 Å². The summed E-state index contributed by atoms with van der Waals surface area (Å²) in [5.41, 5.74) is 6.38. The number of anilines is 1. The van der Waals surface area contributed by atoms with Crippen LogP contribution in [0.15, 0.2) is 5.38 Å². The zero-order chi connectivity index (χ0) is 11.1. The second kappa shape index (κ2) is 6.76. The lowest BCUT2D eigenvalue weighted by Gasteiger charge is -2.06. The number of aromatic nitrogens is 1. The summed E-state index contributed by atoms with van der Waals surface area (Å²) in [4.78, 5) is 4.09. The molecule has 0 aliphatic carbocycles. The Balaban J connectivity index is 1.98. The Bertz CT molecular complexity index is 276. The first-order valence-corrected chi connectivity index (χ1v) is 5.92. The van der Waals surface area contributed by atoms with Crippen LogP contribution in [0.1, 0.15) is 19.5 Å². The van der Waals surface area contributed by atoms with E-state index in [0.717, 1.165) is 12.3 Å². The summed E-state index contributed by atoms with van der Waals surface area (Å²) in [6, 6.07) is 0. The number of hydrogen-bond acceptors (Lipinski definition) is 5. The van der Waals surface area contributed by atoms with Crippen LogP contribution in [0, 0.1) is 5.92 Å². The topological polar surface area (TPSA) is 57.4 Å². The zero-order valence-corrected chi connectivity index (χ0v) is 10.0. The highest BCUT2D eigenvalue weighted by molar-refractivity contribution is 7.13. The molecule has 0 aliphatic heterocycles. The van der Waals surface area contributed by atoms with E-state index in [9.17, 15) is 0 Å². The van der Waals surface area contributed by atoms with E-state index in [2.05, 4.69) is 18.8 Å². The first-order chi connectivity index (χ1) is 7.18. The maximum Gasteiger partial charge on any atom is 0.180 e. The number of hydrogen-bond donors (Lipinski definition) is 1. The van der Waals surface area contributed by atoms with Gasteiger partial charge >= 0.3 is 0 Å². The van der Waals surface area contributed by atoms with Gasteiger partial charge in [0.25, 0.3) is 0 Å². The molecule has 0 fully saturated rings. The van der Waals surface area contributed by atoms with Crippen molar-refractivity contribution >= 4 is 16.5 Å². The molecular weight excluding hydrogens is 212 g/mol. The van der Waals surface area contributed by atoms with Crippen LogP contribution in [0.5, 0.6) is 0 Å². The molecule has 5 heteroatoms. The number of nitrogen functional groups attached to an aromatic ring is 1. The van der Waals surface area contributed by atoms with Crippen LogP contribution < -0.4 is 5.73 Å². The van der Waals surface area contributed by atoms with E-state index in [0.29, 0.717) is 30.9 Å². The molecule has 4 nitrogen and oxygen atoms in total. The number of ether oxygens (including phenoxy) is 2. The fourth-order valence-electron chi connectivity index (χ4n) is 1.00. The Kier molecular flexibility index (Phi) is 5.60. The van der Waals surface area contributed by atoms with Gasteiger partial charge in [0, 0.05) is 12.0 Å². The van der Waals surface area contributed by atoms with Crippen molar-refractivity contribution in [2.24, 2.45) is 5.92 Å². The van der Waals surface area contributed by atoms with Gasteiger partial charge < -0.3 is 15.2 Å². The van der Waals surface area contributed by atoms with E-state index < -0.39 is 0 Å². The Morgan fingerprint density at radius 3 is 2.73 bits per heavy atom. The van der Waals surface area contributed by atoms with Gasteiger partial charge in [-0.3, -0.25) is 0 Å². The predicted octanol–water partition coefficient (Wildman–Crippen LogP) is 1.91. The number of nitrogens with zero attached hydrogens (tertiary/aromatic N) is 1. The molecule has 1 aromatic rings. The van der Waals surface area contributed by atoms with E-state index in [4.69, 9.17) is 15.2 Å². The second-order valence-electron chi connectivity index (χ2n) is 3.70. The smallest absolute Gasteiger partial charge is 0.180 e. The lowest BCUT2D eigenvalue weighted by molar-refractivity contribution is 0.0306. The molecule has 1 heterocycles. The van der Waals surface area contributed by atoms with Crippen molar-refractivity contribution in [3.05, 3.63) is 11.1 Å². The van der Waals surface area contributed by atoms with E-state index >= 15 is 0 Å². The number of rotatable bonds is 7. The molecule has 0 saturated carbocycles. The summed E-state index contributed by atoms with van der Waals surface area (Å²) in [7, 11) is 0. The first-order valence-electron chi connectivity index (χ1n) is 5.04. The Hall–Kier alpha value is -0.650. The van der Waals surface area contributed by atoms with Crippen molar-refractivity contribution in [2.75, 3.05) is 25.6 Å². The molecule has 15 heavy (non-hydrogen) atoms. The molecule has 0 unspecified atom stereocenters. The molecule has 86 valence electrons. The summed E-state index contributed by atoms with van der Waals surface area (Å²) in [5, 5.41) is 2.49. The van der Waals surface area contributed by atoms with Crippen LogP contribution in [-0.2, 0) is 16.1 Å². The van der Waals surface area contributed by atoms with E-state index in [1.807, 2.05) is 5.38 Å². The molecule has 0 aromatic carbocycles. The quantitative estimate of drug-likeness (QED) is 0.727. The largest absolute Gasteiger partial charge is 0.379 e. The molecular formula is C10H18N2O2S. The summed E-state index contributed by atoms with van der Waals surface area (Å²) in [6.45, 7) is 6.78. The predicted molar refractivity (Wildman–Crippen MR) is 61.8 cm³/mol. The fraction of sp³-hybridized carbons (Fsp3) is 0.700. The van der Waals surface area contributed by atoms with Gasteiger partial charge in [-0.15, -0.1) is 11.3 Å². The Labute approximate surface area is 94.4 Å². The van der Waals surface area contributed by atoms with Crippen molar-refractivity contribution in [1.82, 2.24) is 4.98 Å².